The summed E-state index contributed by atoms with van der Waals surface area (Å²) >= 11 is 1.49. The molecule has 0 radical (unpaired) electrons. The summed E-state index contributed by atoms with van der Waals surface area (Å²) in [6, 6.07) is 3.74. The molecule has 2 rings (SSSR count). The molecule has 0 bridgehead atoms. The highest BCUT2D eigenvalue weighted by Crippen LogP contribution is 2.19. The molecule has 9 heteroatoms. The van der Waals surface area contributed by atoms with Gasteiger partial charge in [0.15, 0.2) is 0 Å². The molecule has 1 N–H and O–H groups in total. The van der Waals surface area contributed by atoms with Crippen LogP contribution in [-0.2, 0) is 20.9 Å². The first kappa shape index (κ1) is 13.1. The van der Waals surface area contributed by atoms with Crippen LogP contribution in [0.5, 0.6) is 0 Å². The van der Waals surface area contributed by atoms with Crippen LogP contribution in [0.2, 0.25) is 0 Å². The molecule has 1 amide bonds. The minimum absolute atomic E-state index is 0.102. The standard InChI is InChI=1S/C10H11N5O3S/c1-18-9(17)5-11-8(16)6-15-13-10(12-14-15)7-3-2-4-19-7/h2-4H,5-6H2,1H3,(H,11,16). The molecule has 0 saturated carbocycles. The Labute approximate surface area is 112 Å². The van der Waals surface area contributed by atoms with Crippen LogP contribution in [0.1, 0.15) is 0 Å². The molecule has 0 atom stereocenters. The second-order valence-corrected chi connectivity index (χ2v) is 4.42. The van der Waals surface area contributed by atoms with Gasteiger partial charge in [0.1, 0.15) is 13.1 Å². The summed E-state index contributed by atoms with van der Waals surface area (Å²) in [5.41, 5.74) is 0. The van der Waals surface area contributed by atoms with E-state index in [0.717, 1.165) is 4.88 Å². The number of esters is 1. The average Bonchev–Trinajstić information content (AvgIpc) is 3.06. The van der Waals surface area contributed by atoms with E-state index in [1.54, 1.807) is 0 Å². The Morgan fingerprint density at radius 3 is 3.05 bits per heavy atom. The molecule has 0 aliphatic heterocycles. The number of aromatic nitrogens is 4. The SMILES string of the molecule is COC(=O)CNC(=O)Cn1nnc(-c2cccs2)n1. The molecule has 0 aromatic carbocycles. The molecular weight excluding hydrogens is 270 g/mol. The number of thiophene rings is 1. The number of hydrogen-bond acceptors (Lipinski definition) is 7. The normalized spacial score (nSPS) is 10.2. The number of tetrazole rings is 1. The van der Waals surface area contributed by atoms with E-state index in [-0.39, 0.29) is 19.0 Å². The van der Waals surface area contributed by atoms with Crippen molar-refractivity contribution < 1.29 is 14.3 Å². The number of methoxy groups -OCH3 is 1. The highest BCUT2D eigenvalue weighted by atomic mass is 32.1. The van der Waals surface area contributed by atoms with Crippen molar-refractivity contribution >= 4 is 23.2 Å². The summed E-state index contributed by atoms with van der Waals surface area (Å²) in [5, 5.41) is 16.0. The Balaban J connectivity index is 1.89. The van der Waals surface area contributed by atoms with Gasteiger partial charge in [0.2, 0.25) is 11.7 Å². The summed E-state index contributed by atoms with van der Waals surface area (Å²) in [4.78, 5) is 24.4. The molecule has 19 heavy (non-hydrogen) atoms. The fraction of sp³-hybridized carbons (Fsp3) is 0.300. The number of nitrogens with zero attached hydrogens (tertiary/aromatic N) is 4. The second-order valence-electron chi connectivity index (χ2n) is 3.47. The molecule has 0 fully saturated rings. The van der Waals surface area contributed by atoms with Crippen molar-refractivity contribution in [2.75, 3.05) is 13.7 Å². The van der Waals surface area contributed by atoms with Crippen LogP contribution in [0.15, 0.2) is 17.5 Å². The first-order chi connectivity index (χ1) is 9.19. The summed E-state index contributed by atoms with van der Waals surface area (Å²) < 4.78 is 4.40. The van der Waals surface area contributed by atoms with Crippen molar-refractivity contribution in [3.63, 3.8) is 0 Å². The van der Waals surface area contributed by atoms with E-state index < -0.39 is 5.97 Å². The highest BCUT2D eigenvalue weighted by Gasteiger charge is 2.10. The Morgan fingerprint density at radius 2 is 2.37 bits per heavy atom. The zero-order valence-electron chi connectivity index (χ0n) is 10.1. The van der Waals surface area contributed by atoms with Crippen molar-refractivity contribution in [2.45, 2.75) is 6.54 Å². The van der Waals surface area contributed by atoms with Gasteiger partial charge in [0.05, 0.1) is 12.0 Å². The van der Waals surface area contributed by atoms with E-state index in [4.69, 9.17) is 0 Å². The van der Waals surface area contributed by atoms with Crippen molar-refractivity contribution in [3.05, 3.63) is 17.5 Å². The van der Waals surface area contributed by atoms with E-state index in [0.29, 0.717) is 5.82 Å². The molecule has 8 nitrogen and oxygen atoms in total. The summed E-state index contributed by atoms with van der Waals surface area (Å²) in [6.45, 7) is -0.281. The highest BCUT2D eigenvalue weighted by molar-refractivity contribution is 7.13. The first-order valence-electron chi connectivity index (χ1n) is 5.34. The second kappa shape index (κ2) is 6.05. The van der Waals surface area contributed by atoms with Crippen molar-refractivity contribution in [3.8, 4) is 10.7 Å². The Kier molecular flexibility index (Phi) is 4.18. The fourth-order valence-electron chi connectivity index (χ4n) is 1.24. The van der Waals surface area contributed by atoms with Crippen LogP contribution in [0, 0.1) is 0 Å². The maximum Gasteiger partial charge on any atom is 0.325 e. The van der Waals surface area contributed by atoms with Crippen LogP contribution in [0.3, 0.4) is 0 Å². The van der Waals surface area contributed by atoms with E-state index in [1.165, 1.54) is 23.2 Å². The minimum Gasteiger partial charge on any atom is -0.468 e. The van der Waals surface area contributed by atoms with Gasteiger partial charge in [-0.2, -0.15) is 4.80 Å². The Hall–Kier alpha value is -2.29. The Bertz CT molecular complexity index is 565. The maximum absolute atomic E-state index is 11.5. The smallest absolute Gasteiger partial charge is 0.325 e. The quantitative estimate of drug-likeness (QED) is 0.755. The predicted molar refractivity (Wildman–Crippen MR) is 66.2 cm³/mol. The molecule has 2 aromatic heterocycles. The lowest BCUT2D eigenvalue weighted by molar-refractivity contribution is -0.141. The lowest BCUT2D eigenvalue weighted by Gasteiger charge is -2.02. The molecule has 0 aliphatic carbocycles. The van der Waals surface area contributed by atoms with Gasteiger partial charge in [0, 0.05) is 0 Å². The molecule has 0 aliphatic rings. The molecule has 0 saturated heterocycles. The minimum atomic E-state index is -0.515. The number of amides is 1. The average molecular weight is 281 g/mol. The Morgan fingerprint density at radius 1 is 1.53 bits per heavy atom. The van der Waals surface area contributed by atoms with Gasteiger partial charge < -0.3 is 10.1 Å². The molecule has 0 unspecified atom stereocenters. The predicted octanol–water partition coefficient (Wildman–Crippen LogP) is -0.309. The number of nitrogens with one attached hydrogen (secondary N) is 1. The lowest BCUT2D eigenvalue weighted by atomic mass is 10.5. The lowest BCUT2D eigenvalue weighted by Crippen LogP contribution is -2.33. The number of ether oxygens (including phenoxy) is 1. The number of carbonyl (C=O) groups is 2. The van der Waals surface area contributed by atoms with Gasteiger partial charge >= 0.3 is 5.97 Å². The maximum atomic E-state index is 11.5. The van der Waals surface area contributed by atoms with Gasteiger partial charge in [-0.25, -0.2) is 0 Å². The zero-order valence-corrected chi connectivity index (χ0v) is 10.9. The van der Waals surface area contributed by atoms with E-state index >= 15 is 0 Å². The topological polar surface area (TPSA) is 99.0 Å². The van der Waals surface area contributed by atoms with Gasteiger partial charge in [-0.15, -0.1) is 21.5 Å². The molecule has 2 heterocycles. The monoisotopic (exact) mass is 281 g/mol. The third-order valence-electron chi connectivity index (χ3n) is 2.14. The van der Waals surface area contributed by atoms with Crippen LogP contribution in [0.4, 0.5) is 0 Å². The van der Waals surface area contributed by atoms with Gasteiger partial charge in [0.25, 0.3) is 0 Å². The third-order valence-corrected chi connectivity index (χ3v) is 3.00. The molecule has 2 aromatic rings. The molecule has 0 spiro atoms. The first-order valence-corrected chi connectivity index (χ1v) is 6.22. The molecule has 100 valence electrons. The van der Waals surface area contributed by atoms with Gasteiger partial charge in [-0.1, -0.05) is 6.07 Å². The number of rotatable bonds is 5. The van der Waals surface area contributed by atoms with Gasteiger partial charge in [-0.05, 0) is 16.7 Å². The van der Waals surface area contributed by atoms with Crippen LogP contribution in [-0.4, -0.2) is 45.7 Å². The van der Waals surface area contributed by atoms with Crippen LogP contribution in [0.25, 0.3) is 10.7 Å². The van der Waals surface area contributed by atoms with Gasteiger partial charge in [-0.3, -0.25) is 9.59 Å². The van der Waals surface area contributed by atoms with Crippen molar-refractivity contribution in [2.24, 2.45) is 0 Å². The summed E-state index contributed by atoms with van der Waals surface area (Å²) in [7, 11) is 1.25. The van der Waals surface area contributed by atoms with E-state index in [1.807, 2.05) is 17.5 Å². The third kappa shape index (κ3) is 3.58. The fourth-order valence-corrected chi connectivity index (χ4v) is 1.89. The van der Waals surface area contributed by atoms with Crippen LogP contribution >= 0.6 is 11.3 Å². The largest absolute Gasteiger partial charge is 0.468 e. The van der Waals surface area contributed by atoms with Crippen molar-refractivity contribution in [1.82, 2.24) is 25.5 Å². The zero-order chi connectivity index (χ0) is 13.7. The summed E-state index contributed by atoms with van der Waals surface area (Å²) in [6.07, 6.45) is 0. The number of carbonyl (C=O) groups excluding carboxylic acids is 2. The van der Waals surface area contributed by atoms with E-state index in [9.17, 15) is 9.59 Å². The molecular formula is C10H11N5O3S. The van der Waals surface area contributed by atoms with Crippen molar-refractivity contribution in [1.29, 1.82) is 0 Å². The number of hydrogen-bond donors (Lipinski definition) is 1. The van der Waals surface area contributed by atoms with E-state index in [2.05, 4.69) is 25.5 Å². The van der Waals surface area contributed by atoms with Crippen LogP contribution < -0.4 is 5.32 Å². The summed E-state index contributed by atoms with van der Waals surface area (Å²) in [5.74, 6) is -0.435.